The first-order chi connectivity index (χ1) is 13.2. The first-order valence-corrected chi connectivity index (χ1v) is 9.48. The van der Waals surface area contributed by atoms with Gasteiger partial charge >= 0.3 is 12.1 Å². The van der Waals surface area contributed by atoms with Crippen LogP contribution in [-0.4, -0.2) is 41.9 Å². The quantitative estimate of drug-likeness (QED) is 0.620. The molecular formula is C20H28N4O4. The summed E-state index contributed by atoms with van der Waals surface area (Å²) < 4.78 is 0. The molecule has 1 fully saturated rings. The van der Waals surface area contributed by atoms with Gasteiger partial charge in [-0.05, 0) is 30.4 Å². The van der Waals surface area contributed by atoms with Crippen molar-refractivity contribution in [2.24, 2.45) is 5.92 Å². The standard InChI is InChI=1S/C20H28N4O4/c1-5-6-14-7-9-15(10-8-14)20(4)17(26)24(19(28)23-20)12-16(25)22-18(27)21-11-13(2)3/h7-10,13H,5-6,11-12H2,1-4H3,(H,23,28)(H2,21,22,25,27)/t20-/m0/s1. The highest BCUT2D eigenvalue weighted by molar-refractivity contribution is 6.10. The molecule has 1 atom stereocenters. The summed E-state index contributed by atoms with van der Waals surface area (Å²) >= 11 is 0. The highest BCUT2D eigenvalue weighted by atomic mass is 16.2. The Morgan fingerprint density at radius 1 is 1.18 bits per heavy atom. The van der Waals surface area contributed by atoms with E-state index in [1.807, 2.05) is 38.1 Å². The van der Waals surface area contributed by atoms with Crippen LogP contribution in [0.4, 0.5) is 9.59 Å². The maximum Gasteiger partial charge on any atom is 0.325 e. The molecule has 0 unspecified atom stereocenters. The molecule has 1 aromatic rings. The van der Waals surface area contributed by atoms with E-state index < -0.39 is 36.0 Å². The van der Waals surface area contributed by atoms with Gasteiger partial charge in [-0.15, -0.1) is 0 Å². The molecule has 1 aliphatic rings. The Hall–Kier alpha value is -2.90. The SMILES string of the molecule is CCCc1ccc([C@]2(C)NC(=O)N(CC(=O)NC(=O)NCC(C)C)C2=O)cc1. The van der Waals surface area contributed by atoms with Gasteiger partial charge in [-0.2, -0.15) is 0 Å². The molecule has 8 nitrogen and oxygen atoms in total. The number of benzene rings is 1. The average molecular weight is 388 g/mol. The van der Waals surface area contributed by atoms with Crippen LogP contribution in [0.1, 0.15) is 45.2 Å². The van der Waals surface area contributed by atoms with Crippen LogP contribution in [0.5, 0.6) is 0 Å². The Balaban J connectivity index is 2.04. The van der Waals surface area contributed by atoms with Crippen molar-refractivity contribution in [1.82, 2.24) is 20.9 Å². The summed E-state index contributed by atoms with van der Waals surface area (Å²) in [5.74, 6) is -1.03. The predicted octanol–water partition coefficient (Wildman–Crippen LogP) is 1.89. The van der Waals surface area contributed by atoms with Crippen molar-refractivity contribution in [3.8, 4) is 0 Å². The second-order valence-corrected chi connectivity index (χ2v) is 7.55. The summed E-state index contributed by atoms with van der Waals surface area (Å²) in [5.41, 5.74) is 0.542. The lowest BCUT2D eigenvalue weighted by Gasteiger charge is -2.22. The lowest BCUT2D eigenvalue weighted by molar-refractivity contribution is -0.134. The number of nitrogens with one attached hydrogen (secondary N) is 3. The molecule has 1 heterocycles. The van der Waals surface area contributed by atoms with Crippen molar-refractivity contribution in [3.05, 3.63) is 35.4 Å². The fourth-order valence-electron chi connectivity index (χ4n) is 2.98. The minimum absolute atomic E-state index is 0.233. The number of hydrogen-bond acceptors (Lipinski definition) is 4. The molecule has 1 saturated heterocycles. The van der Waals surface area contributed by atoms with E-state index in [4.69, 9.17) is 0 Å². The van der Waals surface area contributed by atoms with E-state index in [9.17, 15) is 19.2 Å². The Labute approximate surface area is 165 Å². The number of amides is 6. The maximum atomic E-state index is 12.8. The Kier molecular flexibility index (Phi) is 6.77. The first-order valence-electron chi connectivity index (χ1n) is 9.48. The van der Waals surface area contributed by atoms with Gasteiger partial charge in [0.25, 0.3) is 5.91 Å². The summed E-state index contributed by atoms with van der Waals surface area (Å²) in [4.78, 5) is 49.7. The number of carbonyl (C=O) groups excluding carboxylic acids is 4. The molecule has 8 heteroatoms. The molecule has 0 bridgehead atoms. The van der Waals surface area contributed by atoms with E-state index in [0.717, 1.165) is 23.3 Å². The van der Waals surface area contributed by atoms with Gasteiger partial charge in [0.1, 0.15) is 12.1 Å². The zero-order chi connectivity index (χ0) is 20.9. The second-order valence-electron chi connectivity index (χ2n) is 7.55. The van der Waals surface area contributed by atoms with Gasteiger partial charge in [-0.25, -0.2) is 9.59 Å². The van der Waals surface area contributed by atoms with Crippen molar-refractivity contribution in [2.45, 2.75) is 46.1 Å². The normalized spacial score (nSPS) is 19.0. The number of rotatable bonds is 7. The molecular weight excluding hydrogens is 360 g/mol. The second kappa shape index (κ2) is 8.86. The van der Waals surface area contributed by atoms with E-state index >= 15 is 0 Å². The summed E-state index contributed by atoms with van der Waals surface area (Å²) in [6, 6.07) is 6.16. The Morgan fingerprint density at radius 2 is 1.82 bits per heavy atom. The molecule has 0 aromatic heterocycles. The van der Waals surface area contributed by atoms with Gasteiger partial charge in [0.15, 0.2) is 0 Å². The summed E-state index contributed by atoms with van der Waals surface area (Å²) in [5, 5.41) is 7.33. The summed E-state index contributed by atoms with van der Waals surface area (Å²) in [6.07, 6.45) is 1.95. The third-order valence-corrected chi connectivity index (χ3v) is 4.57. The molecule has 2 rings (SSSR count). The van der Waals surface area contributed by atoms with Crippen molar-refractivity contribution >= 4 is 23.9 Å². The predicted molar refractivity (Wildman–Crippen MR) is 104 cm³/mol. The Bertz CT molecular complexity index is 760. The van der Waals surface area contributed by atoms with Gasteiger partial charge in [-0.3, -0.25) is 19.8 Å². The highest BCUT2D eigenvalue weighted by Gasteiger charge is 2.49. The van der Waals surface area contributed by atoms with Crippen LogP contribution < -0.4 is 16.0 Å². The fourth-order valence-corrected chi connectivity index (χ4v) is 2.98. The number of carbonyl (C=O) groups is 4. The third-order valence-electron chi connectivity index (χ3n) is 4.57. The van der Waals surface area contributed by atoms with Crippen molar-refractivity contribution < 1.29 is 19.2 Å². The van der Waals surface area contributed by atoms with Crippen LogP contribution >= 0.6 is 0 Å². The molecule has 6 amide bonds. The molecule has 152 valence electrons. The van der Waals surface area contributed by atoms with Crippen LogP contribution in [0.3, 0.4) is 0 Å². The zero-order valence-corrected chi connectivity index (χ0v) is 16.8. The minimum Gasteiger partial charge on any atom is -0.338 e. The van der Waals surface area contributed by atoms with Crippen LogP contribution in [-0.2, 0) is 21.5 Å². The van der Waals surface area contributed by atoms with E-state index in [-0.39, 0.29) is 5.92 Å². The summed E-state index contributed by atoms with van der Waals surface area (Å²) in [7, 11) is 0. The van der Waals surface area contributed by atoms with E-state index in [2.05, 4.69) is 22.9 Å². The van der Waals surface area contributed by atoms with Gasteiger partial charge in [-0.1, -0.05) is 51.5 Å². The van der Waals surface area contributed by atoms with E-state index in [1.165, 1.54) is 0 Å². The Morgan fingerprint density at radius 3 is 2.39 bits per heavy atom. The number of nitrogens with zero attached hydrogens (tertiary/aromatic N) is 1. The molecule has 0 spiro atoms. The van der Waals surface area contributed by atoms with Gasteiger partial charge in [0, 0.05) is 6.54 Å². The van der Waals surface area contributed by atoms with Gasteiger partial charge in [0.2, 0.25) is 5.91 Å². The van der Waals surface area contributed by atoms with Crippen LogP contribution in [0.2, 0.25) is 0 Å². The molecule has 1 aromatic carbocycles. The topological polar surface area (TPSA) is 108 Å². The third kappa shape index (κ3) is 4.88. The van der Waals surface area contributed by atoms with Crippen LogP contribution in [0.25, 0.3) is 0 Å². The van der Waals surface area contributed by atoms with E-state index in [1.54, 1.807) is 6.92 Å². The molecule has 0 aliphatic carbocycles. The lowest BCUT2D eigenvalue weighted by Crippen LogP contribution is -2.47. The molecule has 0 radical (unpaired) electrons. The number of hydrogen-bond donors (Lipinski definition) is 3. The van der Waals surface area contributed by atoms with Crippen LogP contribution in [0, 0.1) is 5.92 Å². The molecule has 28 heavy (non-hydrogen) atoms. The zero-order valence-electron chi connectivity index (χ0n) is 16.8. The first kappa shape index (κ1) is 21.4. The van der Waals surface area contributed by atoms with Crippen molar-refractivity contribution in [3.63, 3.8) is 0 Å². The number of aryl methyl sites for hydroxylation is 1. The maximum absolute atomic E-state index is 12.8. The minimum atomic E-state index is -1.25. The molecule has 1 aliphatic heterocycles. The van der Waals surface area contributed by atoms with Crippen molar-refractivity contribution in [2.75, 3.05) is 13.1 Å². The average Bonchev–Trinajstić information content (AvgIpc) is 2.85. The van der Waals surface area contributed by atoms with E-state index in [0.29, 0.717) is 12.1 Å². The largest absolute Gasteiger partial charge is 0.338 e. The molecule has 0 saturated carbocycles. The van der Waals surface area contributed by atoms with Gasteiger partial charge in [0.05, 0.1) is 0 Å². The summed E-state index contributed by atoms with van der Waals surface area (Å²) in [6.45, 7) is 7.42. The molecule has 3 N–H and O–H groups in total. The highest BCUT2D eigenvalue weighted by Crippen LogP contribution is 2.29. The monoisotopic (exact) mass is 388 g/mol. The lowest BCUT2D eigenvalue weighted by atomic mass is 9.91. The van der Waals surface area contributed by atoms with Crippen LogP contribution in [0.15, 0.2) is 24.3 Å². The van der Waals surface area contributed by atoms with Gasteiger partial charge < -0.3 is 10.6 Å². The number of urea groups is 2. The smallest absolute Gasteiger partial charge is 0.325 e. The fraction of sp³-hybridized carbons (Fsp3) is 0.500. The van der Waals surface area contributed by atoms with Crippen molar-refractivity contribution in [1.29, 1.82) is 0 Å². The number of imide groups is 2.